The molecule has 1 saturated carbocycles. The fourth-order valence-corrected chi connectivity index (χ4v) is 3.20. The van der Waals surface area contributed by atoms with Crippen LogP contribution in [-0.2, 0) is 0 Å². The first-order valence-electron chi connectivity index (χ1n) is 6.90. The lowest BCUT2D eigenvalue weighted by molar-refractivity contribution is 0.175. The Morgan fingerprint density at radius 1 is 1.31 bits per heavy atom. The van der Waals surface area contributed by atoms with Crippen LogP contribution >= 0.6 is 0 Å². The van der Waals surface area contributed by atoms with Crippen molar-refractivity contribution in [2.24, 2.45) is 5.41 Å². The Balaban J connectivity index is 2.46. The molecule has 2 unspecified atom stereocenters. The number of hydrogen-bond donors (Lipinski definition) is 1. The van der Waals surface area contributed by atoms with Crippen LogP contribution in [0.25, 0.3) is 0 Å². The van der Waals surface area contributed by atoms with E-state index in [2.05, 4.69) is 45.1 Å². The molecule has 0 spiro atoms. The van der Waals surface area contributed by atoms with Gasteiger partial charge in [0.2, 0.25) is 0 Å². The molecule has 0 aromatic rings. The Labute approximate surface area is 102 Å². The van der Waals surface area contributed by atoms with Gasteiger partial charge in [0.15, 0.2) is 0 Å². The Kier molecular flexibility index (Phi) is 5.26. The van der Waals surface area contributed by atoms with E-state index < -0.39 is 0 Å². The number of unbranched alkanes of at least 4 members (excludes halogenated alkanes) is 2. The monoisotopic (exact) mass is 226 g/mol. The van der Waals surface area contributed by atoms with Gasteiger partial charge in [-0.25, -0.2) is 0 Å². The molecular weight excluding hydrogens is 196 g/mol. The molecule has 16 heavy (non-hydrogen) atoms. The molecule has 0 radical (unpaired) electrons. The highest BCUT2D eigenvalue weighted by Crippen LogP contribution is 2.39. The molecule has 0 aliphatic heterocycles. The minimum atomic E-state index is 0.457. The van der Waals surface area contributed by atoms with Crippen molar-refractivity contribution in [3.05, 3.63) is 0 Å². The number of likely N-dealkylation sites (N-methyl/N-ethyl adjacent to an activating group) is 2. The molecule has 1 rings (SSSR count). The number of rotatable bonds is 6. The third-order valence-electron chi connectivity index (χ3n) is 4.30. The zero-order chi connectivity index (χ0) is 12.2. The van der Waals surface area contributed by atoms with Crippen LogP contribution in [0.15, 0.2) is 0 Å². The highest BCUT2D eigenvalue weighted by Gasteiger charge is 2.42. The molecule has 0 amide bonds. The van der Waals surface area contributed by atoms with E-state index in [4.69, 9.17) is 0 Å². The van der Waals surface area contributed by atoms with Gasteiger partial charge in [-0.15, -0.1) is 0 Å². The summed E-state index contributed by atoms with van der Waals surface area (Å²) in [6.45, 7) is 8.32. The van der Waals surface area contributed by atoms with Crippen molar-refractivity contribution in [2.75, 3.05) is 20.6 Å². The summed E-state index contributed by atoms with van der Waals surface area (Å²) >= 11 is 0. The summed E-state index contributed by atoms with van der Waals surface area (Å²) in [4.78, 5) is 2.57. The van der Waals surface area contributed by atoms with Gasteiger partial charge in [-0.3, -0.25) is 0 Å². The van der Waals surface area contributed by atoms with Crippen LogP contribution in [0, 0.1) is 5.41 Å². The summed E-state index contributed by atoms with van der Waals surface area (Å²) in [6, 6.07) is 1.39. The second kappa shape index (κ2) is 6.02. The van der Waals surface area contributed by atoms with Gasteiger partial charge in [-0.05, 0) is 45.3 Å². The zero-order valence-corrected chi connectivity index (χ0v) is 11.8. The molecule has 1 aliphatic carbocycles. The van der Waals surface area contributed by atoms with E-state index in [1.807, 2.05) is 0 Å². The lowest BCUT2D eigenvalue weighted by atomic mass is 9.86. The average Bonchev–Trinajstić information content (AvgIpc) is 2.53. The maximum absolute atomic E-state index is 3.53. The standard InChI is InChI=1S/C14H30N2/c1-6-7-8-11-16(5)12-9-10-14(2,3)13(12)15-4/h12-13,15H,6-11H2,1-5H3. The van der Waals surface area contributed by atoms with Gasteiger partial charge in [0.05, 0.1) is 0 Å². The van der Waals surface area contributed by atoms with E-state index in [1.54, 1.807) is 0 Å². The van der Waals surface area contributed by atoms with Crippen LogP contribution in [0.2, 0.25) is 0 Å². The zero-order valence-electron chi connectivity index (χ0n) is 11.8. The summed E-state index contributed by atoms with van der Waals surface area (Å²) in [6.07, 6.45) is 6.73. The predicted molar refractivity (Wildman–Crippen MR) is 71.8 cm³/mol. The minimum Gasteiger partial charge on any atom is -0.315 e. The Hall–Kier alpha value is -0.0800. The lowest BCUT2D eigenvalue weighted by Gasteiger charge is -2.35. The summed E-state index contributed by atoms with van der Waals surface area (Å²) in [5.74, 6) is 0. The first kappa shape index (κ1) is 14.0. The summed E-state index contributed by atoms with van der Waals surface area (Å²) in [5, 5.41) is 3.53. The minimum absolute atomic E-state index is 0.457. The van der Waals surface area contributed by atoms with Crippen molar-refractivity contribution in [2.45, 2.75) is 65.0 Å². The molecule has 1 fully saturated rings. The van der Waals surface area contributed by atoms with Crippen LogP contribution in [-0.4, -0.2) is 37.6 Å². The molecule has 1 N–H and O–H groups in total. The van der Waals surface area contributed by atoms with Crippen LogP contribution in [0.5, 0.6) is 0 Å². The van der Waals surface area contributed by atoms with Gasteiger partial charge in [-0.2, -0.15) is 0 Å². The first-order chi connectivity index (χ1) is 7.53. The predicted octanol–water partition coefficient (Wildman–Crippen LogP) is 2.89. The largest absolute Gasteiger partial charge is 0.315 e. The topological polar surface area (TPSA) is 15.3 Å². The van der Waals surface area contributed by atoms with Crippen LogP contribution < -0.4 is 5.32 Å². The van der Waals surface area contributed by atoms with E-state index in [1.165, 1.54) is 38.6 Å². The molecule has 96 valence electrons. The summed E-state index contributed by atoms with van der Waals surface area (Å²) in [7, 11) is 4.41. The molecule has 0 bridgehead atoms. The number of nitrogens with zero attached hydrogens (tertiary/aromatic N) is 1. The molecule has 2 atom stereocenters. The van der Waals surface area contributed by atoms with E-state index in [-0.39, 0.29) is 0 Å². The smallest absolute Gasteiger partial charge is 0.0271 e. The molecule has 0 aromatic carbocycles. The molecule has 0 heterocycles. The van der Waals surface area contributed by atoms with Gasteiger partial charge in [0.1, 0.15) is 0 Å². The number of hydrogen-bond acceptors (Lipinski definition) is 2. The fraction of sp³-hybridized carbons (Fsp3) is 1.00. The molecule has 0 aromatic heterocycles. The number of nitrogens with one attached hydrogen (secondary N) is 1. The van der Waals surface area contributed by atoms with Gasteiger partial charge < -0.3 is 10.2 Å². The fourth-order valence-electron chi connectivity index (χ4n) is 3.20. The van der Waals surface area contributed by atoms with Gasteiger partial charge in [0, 0.05) is 12.1 Å². The van der Waals surface area contributed by atoms with Gasteiger partial charge in [0.25, 0.3) is 0 Å². The van der Waals surface area contributed by atoms with Crippen molar-refractivity contribution in [1.82, 2.24) is 10.2 Å². The lowest BCUT2D eigenvalue weighted by Crippen LogP contribution is -2.49. The molecule has 2 heteroatoms. The SMILES string of the molecule is CCCCCN(C)C1CCC(C)(C)C1NC. The van der Waals surface area contributed by atoms with E-state index in [9.17, 15) is 0 Å². The maximum Gasteiger partial charge on any atom is 0.0271 e. The van der Waals surface area contributed by atoms with Gasteiger partial charge >= 0.3 is 0 Å². The maximum atomic E-state index is 3.53. The van der Waals surface area contributed by atoms with Crippen LogP contribution in [0.1, 0.15) is 52.9 Å². The second-order valence-electron chi connectivity index (χ2n) is 6.05. The summed E-state index contributed by atoms with van der Waals surface area (Å²) in [5.41, 5.74) is 0.457. The highest BCUT2D eigenvalue weighted by molar-refractivity contribution is 4.99. The second-order valence-corrected chi connectivity index (χ2v) is 6.05. The Morgan fingerprint density at radius 3 is 2.56 bits per heavy atom. The molecule has 2 nitrogen and oxygen atoms in total. The van der Waals surface area contributed by atoms with Crippen molar-refractivity contribution < 1.29 is 0 Å². The first-order valence-corrected chi connectivity index (χ1v) is 6.90. The Bertz CT molecular complexity index is 201. The van der Waals surface area contributed by atoms with Gasteiger partial charge in [-0.1, -0.05) is 33.6 Å². The molecule has 1 aliphatic rings. The van der Waals surface area contributed by atoms with E-state index in [0.717, 1.165) is 6.04 Å². The van der Waals surface area contributed by atoms with Crippen molar-refractivity contribution >= 4 is 0 Å². The third kappa shape index (κ3) is 3.21. The van der Waals surface area contributed by atoms with Crippen molar-refractivity contribution in [1.29, 1.82) is 0 Å². The van der Waals surface area contributed by atoms with E-state index in [0.29, 0.717) is 11.5 Å². The highest BCUT2D eigenvalue weighted by atomic mass is 15.2. The van der Waals surface area contributed by atoms with Crippen LogP contribution in [0.4, 0.5) is 0 Å². The quantitative estimate of drug-likeness (QED) is 0.701. The van der Waals surface area contributed by atoms with Crippen molar-refractivity contribution in [3.8, 4) is 0 Å². The molecule has 0 saturated heterocycles. The third-order valence-corrected chi connectivity index (χ3v) is 4.30. The Morgan fingerprint density at radius 2 is 2.00 bits per heavy atom. The molecular formula is C14H30N2. The van der Waals surface area contributed by atoms with Crippen LogP contribution in [0.3, 0.4) is 0 Å². The summed E-state index contributed by atoms with van der Waals surface area (Å²) < 4.78 is 0. The average molecular weight is 226 g/mol. The normalized spacial score (nSPS) is 28.9. The van der Waals surface area contributed by atoms with Crippen molar-refractivity contribution in [3.63, 3.8) is 0 Å². The van der Waals surface area contributed by atoms with E-state index >= 15 is 0 Å².